The van der Waals surface area contributed by atoms with Crippen LogP contribution in [0.2, 0.25) is 0 Å². The normalized spacial score (nSPS) is 57.7. The number of allylic oxidation sites excluding steroid dienone is 1. The Morgan fingerprint density at radius 3 is 2.66 bits per heavy atom. The van der Waals surface area contributed by atoms with Gasteiger partial charge in [0.15, 0.2) is 0 Å². The van der Waals surface area contributed by atoms with Crippen LogP contribution < -0.4 is 0 Å². The van der Waals surface area contributed by atoms with Crippen LogP contribution in [0.1, 0.15) is 58.8 Å². The van der Waals surface area contributed by atoms with E-state index in [9.17, 15) is 15.0 Å². The standard InChI is InChI=1S/C24H32O5/c1-21-8-5-15(25)12-23(21,27)10-7-17-16(21)6-9-22(2)18(11-19-24(17,22)29-19)14-3-4-20(26)28-13-14/h5,8,12,14,16-19,25,27H,3-4,6-7,9-11,13H2,1-2H3/t14-,16-,17+,18+,19?,21+,22+,23-,24+/m0/s1. The van der Waals surface area contributed by atoms with Crippen molar-refractivity contribution in [1.29, 1.82) is 0 Å². The quantitative estimate of drug-likeness (QED) is 0.519. The van der Waals surface area contributed by atoms with Crippen LogP contribution in [0.4, 0.5) is 0 Å². The molecule has 1 spiro atoms. The number of aliphatic hydroxyl groups is 2. The zero-order chi connectivity index (χ0) is 20.2. The van der Waals surface area contributed by atoms with Crippen molar-refractivity contribution in [3.05, 3.63) is 24.0 Å². The van der Waals surface area contributed by atoms with E-state index in [2.05, 4.69) is 19.9 Å². The summed E-state index contributed by atoms with van der Waals surface area (Å²) < 4.78 is 12.0. The van der Waals surface area contributed by atoms with Crippen LogP contribution in [0.5, 0.6) is 0 Å². The third kappa shape index (κ3) is 2.06. The summed E-state index contributed by atoms with van der Waals surface area (Å²) in [6.07, 6.45) is 12.2. The molecule has 0 aromatic heterocycles. The Kier molecular flexibility index (Phi) is 3.48. The second-order valence-corrected chi connectivity index (χ2v) is 11.0. The first-order valence-electron chi connectivity index (χ1n) is 11.4. The fourth-order valence-corrected chi connectivity index (χ4v) is 8.63. The number of rotatable bonds is 1. The summed E-state index contributed by atoms with van der Waals surface area (Å²) in [5.74, 6) is 1.91. The third-order valence-electron chi connectivity index (χ3n) is 10.2. The molecule has 0 aromatic carbocycles. The summed E-state index contributed by atoms with van der Waals surface area (Å²) in [5, 5.41) is 21.5. The first kappa shape index (κ1) is 18.4. The van der Waals surface area contributed by atoms with E-state index in [1.807, 2.05) is 0 Å². The average Bonchev–Trinajstić information content (AvgIpc) is 3.34. The molecule has 29 heavy (non-hydrogen) atoms. The van der Waals surface area contributed by atoms with Gasteiger partial charge in [0, 0.05) is 17.3 Å². The smallest absolute Gasteiger partial charge is 0.305 e. The second-order valence-electron chi connectivity index (χ2n) is 11.0. The lowest BCUT2D eigenvalue weighted by Crippen LogP contribution is -2.62. The maximum absolute atomic E-state index is 11.6. The van der Waals surface area contributed by atoms with Gasteiger partial charge in [0.1, 0.15) is 11.4 Å². The fourth-order valence-electron chi connectivity index (χ4n) is 8.63. The fraction of sp³-hybridized carbons (Fsp3) is 0.792. The van der Waals surface area contributed by atoms with Gasteiger partial charge in [-0.2, -0.15) is 0 Å². The number of ether oxygens (including phenoxy) is 2. The van der Waals surface area contributed by atoms with Crippen molar-refractivity contribution >= 4 is 5.97 Å². The number of fused-ring (bicyclic) bond motifs is 3. The molecule has 5 heteroatoms. The topological polar surface area (TPSA) is 79.3 Å². The summed E-state index contributed by atoms with van der Waals surface area (Å²) in [7, 11) is 0. The maximum atomic E-state index is 11.6. The number of hydrogen-bond acceptors (Lipinski definition) is 5. The Morgan fingerprint density at radius 1 is 1.10 bits per heavy atom. The van der Waals surface area contributed by atoms with Crippen molar-refractivity contribution in [1.82, 2.24) is 0 Å². The molecule has 0 amide bonds. The highest BCUT2D eigenvalue weighted by Crippen LogP contribution is 2.77. The molecule has 2 saturated heterocycles. The van der Waals surface area contributed by atoms with Gasteiger partial charge >= 0.3 is 5.97 Å². The molecule has 4 aliphatic carbocycles. The molecule has 9 atom stereocenters. The molecule has 2 aliphatic heterocycles. The van der Waals surface area contributed by atoms with E-state index in [0.29, 0.717) is 49.2 Å². The Hall–Kier alpha value is -1.33. The largest absolute Gasteiger partial charge is 0.508 e. The van der Waals surface area contributed by atoms with Crippen LogP contribution in [0.25, 0.3) is 0 Å². The van der Waals surface area contributed by atoms with Gasteiger partial charge in [-0.05, 0) is 74.3 Å². The number of carbonyl (C=O) groups is 1. The molecule has 6 rings (SSSR count). The molecule has 2 heterocycles. The molecule has 0 bridgehead atoms. The number of hydrogen-bond donors (Lipinski definition) is 2. The predicted octanol–water partition coefficient (Wildman–Crippen LogP) is 3.67. The summed E-state index contributed by atoms with van der Waals surface area (Å²) in [5.41, 5.74) is -1.30. The van der Waals surface area contributed by atoms with Crippen LogP contribution in [-0.2, 0) is 14.3 Å². The van der Waals surface area contributed by atoms with E-state index >= 15 is 0 Å². The van der Waals surface area contributed by atoms with Crippen molar-refractivity contribution < 1.29 is 24.5 Å². The summed E-state index contributed by atoms with van der Waals surface area (Å²) in [6.45, 7) is 5.18. The molecule has 5 fully saturated rings. The third-order valence-corrected chi connectivity index (χ3v) is 10.2. The summed E-state index contributed by atoms with van der Waals surface area (Å²) in [4.78, 5) is 11.6. The van der Waals surface area contributed by atoms with Gasteiger partial charge < -0.3 is 19.7 Å². The maximum Gasteiger partial charge on any atom is 0.305 e. The lowest BCUT2D eigenvalue weighted by molar-refractivity contribution is -0.169. The van der Waals surface area contributed by atoms with Crippen LogP contribution in [-0.4, -0.2) is 40.1 Å². The van der Waals surface area contributed by atoms with Gasteiger partial charge in [0.25, 0.3) is 0 Å². The Bertz CT molecular complexity index is 823. The molecule has 5 nitrogen and oxygen atoms in total. The van der Waals surface area contributed by atoms with Crippen LogP contribution in [0.3, 0.4) is 0 Å². The Balaban J connectivity index is 1.33. The SMILES string of the molecule is C[C@]12C=CC(O)=C[C@@]1(O)CC[C@@H]1[C@@H]2CC[C@]2(C)[C@@H]([C@H]3CCC(=O)OC3)CC3O[C@@]312. The predicted molar refractivity (Wildman–Crippen MR) is 106 cm³/mol. The summed E-state index contributed by atoms with van der Waals surface area (Å²) >= 11 is 0. The van der Waals surface area contributed by atoms with Crippen LogP contribution >= 0.6 is 0 Å². The van der Waals surface area contributed by atoms with E-state index in [1.54, 1.807) is 12.2 Å². The van der Waals surface area contributed by atoms with Crippen molar-refractivity contribution in [3.8, 4) is 0 Å². The van der Waals surface area contributed by atoms with Crippen molar-refractivity contribution in [2.24, 2.45) is 34.5 Å². The van der Waals surface area contributed by atoms with Gasteiger partial charge in [0.05, 0.1) is 18.3 Å². The van der Waals surface area contributed by atoms with Gasteiger partial charge in [0.2, 0.25) is 0 Å². The molecule has 1 unspecified atom stereocenters. The molecule has 0 radical (unpaired) electrons. The Morgan fingerprint density at radius 2 is 1.90 bits per heavy atom. The zero-order valence-electron chi connectivity index (χ0n) is 17.4. The van der Waals surface area contributed by atoms with E-state index in [4.69, 9.17) is 9.47 Å². The molecule has 3 saturated carbocycles. The van der Waals surface area contributed by atoms with Crippen molar-refractivity contribution in [2.45, 2.75) is 76.1 Å². The van der Waals surface area contributed by atoms with E-state index in [0.717, 1.165) is 32.1 Å². The molecular formula is C24H32O5. The van der Waals surface area contributed by atoms with Crippen molar-refractivity contribution in [2.75, 3.05) is 6.61 Å². The molecular weight excluding hydrogens is 368 g/mol. The van der Waals surface area contributed by atoms with E-state index in [1.165, 1.54) is 0 Å². The molecule has 6 aliphatic rings. The van der Waals surface area contributed by atoms with E-state index in [-0.39, 0.29) is 28.2 Å². The zero-order valence-corrected chi connectivity index (χ0v) is 17.4. The molecule has 158 valence electrons. The highest BCUT2D eigenvalue weighted by Gasteiger charge is 2.81. The van der Waals surface area contributed by atoms with Crippen LogP contribution in [0.15, 0.2) is 24.0 Å². The van der Waals surface area contributed by atoms with Gasteiger partial charge in [-0.25, -0.2) is 0 Å². The summed E-state index contributed by atoms with van der Waals surface area (Å²) in [6, 6.07) is 0. The lowest BCUT2D eigenvalue weighted by Gasteiger charge is -2.61. The van der Waals surface area contributed by atoms with Crippen LogP contribution in [0, 0.1) is 34.5 Å². The minimum absolute atomic E-state index is 0.0517. The van der Waals surface area contributed by atoms with Gasteiger partial charge in [-0.15, -0.1) is 0 Å². The minimum atomic E-state index is -0.975. The number of esters is 1. The first-order valence-corrected chi connectivity index (χ1v) is 11.4. The van der Waals surface area contributed by atoms with Gasteiger partial charge in [-0.3, -0.25) is 4.79 Å². The number of epoxide rings is 1. The monoisotopic (exact) mass is 400 g/mol. The van der Waals surface area contributed by atoms with Crippen molar-refractivity contribution in [3.63, 3.8) is 0 Å². The first-order chi connectivity index (χ1) is 13.7. The highest BCUT2D eigenvalue weighted by atomic mass is 16.6. The minimum Gasteiger partial charge on any atom is -0.508 e. The number of carbonyl (C=O) groups excluding carboxylic acids is 1. The van der Waals surface area contributed by atoms with Gasteiger partial charge in [-0.1, -0.05) is 19.9 Å². The molecule has 2 N–H and O–H groups in total. The average molecular weight is 401 g/mol. The number of aliphatic hydroxyl groups excluding tert-OH is 1. The molecule has 0 aromatic rings. The number of cyclic esters (lactones) is 1. The Labute approximate surface area is 172 Å². The highest BCUT2D eigenvalue weighted by molar-refractivity contribution is 5.70. The van der Waals surface area contributed by atoms with E-state index < -0.39 is 5.60 Å². The lowest BCUT2D eigenvalue weighted by atomic mass is 9.44. The second kappa shape index (κ2) is 5.47.